The number of nitrogens with one attached hydrogen (secondary N) is 1. The lowest BCUT2D eigenvalue weighted by molar-refractivity contribution is -0.127. The Morgan fingerprint density at radius 1 is 1.62 bits per heavy atom. The van der Waals surface area contributed by atoms with Crippen molar-refractivity contribution in [2.45, 2.75) is 18.1 Å². The van der Waals surface area contributed by atoms with Crippen molar-refractivity contribution in [1.82, 2.24) is 5.32 Å². The monoisotopic (exact) mass is 232 g/mol. The van der Waals surface area contributed by atoms with Crippen molar-refractivity contribution in [3.63, 3.8) is 0 Å². The summed E-state index contributed by atoms with van der Waals surface area (Å²) < 4.78 is 15.2. The van der Waals surface area contributed by atoms with Crippen LogP contribution in [0.15, 0.2) is 0 Å². The number of carbonyl (C=O) groups is 1. The molecule has 2 unspecified atom stereocenters. The minimum absolute atomic E-state index is 0.153. The molecule has 0 saturated carbocycles. The number of rotatable bonds is 6. The van der Waals surface area contributed by atoms with Crippen molar-refractivity contribution in [3.05, 3.63) is 0 Å². The highest BCUT2D eigenvalue weighted by Gasteiger charge is 2.38. The topological polar surface area (TPSA) is 82.8 Å². The van der Waals surface area contributed by atoms with E-state index in [1.54, 1.807) is 14.2 Å². The highest BCUT2D eigenvalue weighted by Crippen LogP contribution is 2.15. The zero-order valence-corrected chi connectivity index (χ0v) is 9.82. The number of ether oxygens (including phenoxy) is 3. The first-order valence-electron chi connectivity index (χ1n) is 5.29. The van der Waals surface area contributed by atoms with E-state index in [4.69, 9.17) is 19.9 Å². The summed E-state index contributed by atoms with van der Waals surface area (Å²) in [7, 11) is 3.16. The first-order valence-corrected chi connectivity index (χ1v) is 5.29. The van der Waals surface area contributed by atoms with Gasteiger partial charge in [0.25, 0.3) is 0 Å². The number of hydrogen-bond acceptors (Lipinski definition) is 5. The second kappa shape index (κ2) is 6.15. The molecule has 6 heteroatoms. The highest BCUT2D eigenvalue weighted by atomic mass is 16.5. The average molecular weight is 232 g/mol. The van der Waals surface area contributed by atoms with Crippen molar-refractivity contribution < 1.29 is 19.0 Å². The number of carbonyl (C=O) groups excluding carboxylic acids is 1. The Hall–Kier alpha value is -0.690. The van der Waals surface area contributed by atoms with Crippen molar-refractivity contribution in [2.75, 3.05) is 40.6 Å². The van der Waals surface area contributed by atoms with E-state index in [1.807, 2.05) is 0 Å². The summed E-state index contributed by atoms with van der Waals surface area (Å²) in [5, 5.41) is 2.75. The summed E-state index contributed by atoms with van der Waals surface area (Å²) in [4.78, 5) is 11.8. The number of nitrogens with two attached hydrogens (primary N) is 1. The molecule has 0 aromatic heterocycles. The van der Waals surface area contributed by atoms with Crippen molar-refractivity contribution in [2.24, 2.45) is 5.73 Å². The molecule has 0 aromatic carbocycles. The Morgan fingerprint density at radius 3 is 2.88 bits per heavy atom. The molecule has 0 aromatic rings. The van der Waals surface area contributed by atoms with Crippen LogP contribution in [0.4, 0.5) is 0 Å². The zero-order valence-electron chi connectivity index (χ0n) is 9.82. The van der Waals surface area contributed by atoms with Crippen LogP contribution in [-0.2, 0) is 19.0 Å². The SMILES string of the molecule is COCC(CNC(=O)C1(N)CCOC1)OC. The first-order chi connectivity index (χ1) is 7.62. The molecular weight excluding hydrogens is 212 g/mol. The zero-order chi connectivity index (χ0) is 12.0. The van der Waals surface area contributed by atoms with Crippen LogP contribution in [0.5, 0.6) is 0 Å². The van der Waals surface area contributed by atoms with Gasteiger partial charge in [0, 0.05) is 27.4 Å². The molecule has 0 bridgehead atoms. The Morgan fingerprint density at radius 2 is 2.38 bits per heavy atom. The van der Waals surface area contributed by atoms with Gasteiger partial charge in [0.05, 0.1) is 19.3 Å². The molecule has 1 rings (SSSR count). The second-order valence-electron chi connectivity index (χ2n) is 3.98. The maximum absolute atomic E-state index is 11.8. The molecule has 1 heterocycles. The normalized spacial score (nSPS) is 26.7. The third-order valence-electron chi connectivity index (χ3n) is 2.68. The van der Waals surface area contributed by atoms with Crippen LogP contribution in [0.2, 0.25) is 0 Å². The molecule has 16 heavy (non-hydrogen) atoms. The molecule has 1 saturated heterocycles. The molecule has 0 spiro atoms. The van der Waals surface area contributed by atoms with Gasteiger partial charge in [0.15, 0.2) is 0 Å². The summed E-state index contributed by atoms with van der Waals surface area (Å²) in [5.74, 6) is -0.192. The van der Waals surface area contributed by atoms with Crippen LogP contribution >= 0.6 is 0 Å². The van der Waals surface area contributed by atoms with Crippen molar-refractivity contribution in [1.29, 1.82) is 0 Å². The third kappa shape index (κ3) is 3.41. The lowest BCUT2D eigenvalue weighted by Gasteiger charge is -2.22. The van der Waals surface area contributed by atoms with Crippen LogP contribution in [0.3, 0.4) is 0 Å². The molecule has 1 fully saturated rings. The summed E-state index contributed by atoms with van der Waals surface area (Å²) in [6, 6.07) is 0. The Kier molecular flexibility index (Phi) is 5.14. The van der Waals surface area contributed by atoms with E-state index in [9.17, 15) is 4.79 Å². The van der Waals surface area contributed by atoms with Gasteiger partial charge >= 0.3 is 0 Å². The van der Waals surface area contributed by atoms with Gasteiger partial charge in [-0.1, -0.05) is 0 Å². The molecule has 94 valence electrons. The fraction of sp³-hybridized carbons (Fsp3) is 0.900. The van der Waals surface area contributed by atoms with Gasteiger partial charge in [0.2, 0.25) is 5.91 Å². The van der Waals surface area contributed by atoms with Crippen LogP contribution in [-0.4, -0.2) is 58.1 Å². The molecule has 1 aliphatic heterocycles. The van der Waals surface area contributed by atoms with Gasteiger partial charge in [-0.15, -0.1) is 0 Å². The van der Waals surface area contributed by atoms with Gasteiger partial charge in [-0.2, -0.15) is 0 Å². The Bertz CT molecular complexity index is 229. The molecule has 0 aliphatic carbocycles. The van der Waals surface area contributed by atoms with Crippen molar-refractivity contribution >= 4 is 5.91 Å². The Labute approximate surface area is 95.4 Å². The van der Waals surface area contributed by atoms with Gasteiger partial charge < -0.3 is 25.3 Å². The molecule has 3 N–H and O–H groups in total. The molecule has 0 radical (unpaired) electrons. The van der Waals surface area contributed by atoms with Gasteiger partial charge in [0.1, 0.15) is 5.54 Å². The van der Waals surface area contributed by atoms with Crippen LogP contribution < -0.4 is 11.1 Å². The number of amides is 1. The summed E-state index contributed by atoms with van der Waals surface area (Å²) in [6.07, 6.45) is 0.403. The van der Waals surface area contributed by atoms with E-state index < -0.39 is 5.54 Å². The van der Waals surface area contributed by atoms with Crippen LogP contribution in [0, 0.1) is 0 Å². The van der Waals surface area contributed by atoms with E-state index >= 15 is 0 Å². The van der Waals surface area contributed by atoms with E-state index in [2.05, 4.69) is 5.32 Å². The largest absolute Gasteiger partial charge is 0.382 e. The summed E-state index contributed by atoms with van der Waals surface area (Å²) >= 11 is 0. The quantitative estimate of drug-likeness (QED) is 0.606. The molecule has 6 nitrogen and oxygen atoms in total. The van der Waals surface area contributed by atoms with Gasteiger partial charge in [-0.3, -0.25) is 4.79 Å². The highest BCUT2D eigenvalue weighted by molar-refractivity contribution is 5.86. The Balaban J connectivity index is 2.33. The van der Waals surface area contributed by atoms with Crippen LogP contribution in [0.1, 0.15) is 6.42 Å². The number of hydrogen-bond donors (Lipinski definition) is 2. The standard InChI is InChI=1S/C10H20N2O4/c1-14-6-8(15-2)5-12-9(13)10(11)3-4-16-7-10/h8H,3-7,11H2,1-2H3,(H,12,13). The predicted octanol–water partition coefficient (Wildman–Crippen LogP) is -1.12. The van der Waals surface area contributed by atoms with E-state index in [0.717, 1.165) is 0 Å². The van der Waals surface area contributed by atoms with Crippen molar-refractivity contribution in [3.8, 4) is 0 Å². The molecule has 1 amide bonds. The maximum atomic E-state index is 11.8. The van der Waals surface area contributed by atoms with E-state index in [0.29, 0.717) is 26.2 Å². The van der Waals surface area contributed by atoms with Gasteiger partial charge in [-0.05, 0) is 6.42 Å². The minimum Gasteiger partial charge on any atom is -0.382 e. The molecular formula is C10H20N2O4. The predicted molar refractivity (Wildman–Crippen MR) is 58.0 cm³/mol. The van der Waals surface area contributed by atoms with E-state index in [1.165, 1.54) is 0 Å². The smallest absolute Gasteiger partial charge is 0.242 e. The van der Waals surface area contributed by atoms with E-state index in [-0.39, 0.29) is 18.6 Å². The lowest BCUT2D eigenvalue weighted by Crippen LogP contribution is -2.55. The average Bonchev–Trinajstić information content (AvgIpc) is 2.72. The fourth-order valence-electron chi connectivity index (χ4n) is 1.54. The maximum Gasteiger partial charge on any atom is 0.242 e. The minimum atomic E-state index is -0.884. The second-order valence-corrected chi connectivity index (χ2v) is 3.98. The molecule has 2 atom stereocenters. The first kappa shape index (κ1) is 13.4. The van der Waals surface area contributed by atoms with Gasteiger partial charge in [-0.25, -0.2) is 0 Å². The number of methoxy groups -OCH3 is 2. The fourth-order valence-corrected chi connectivity index (χ4v) is 1.54. The van der Waals surface area contributed by atoms with Crippen LogP contribution in [0.25, 0.3) is 0 Å². The summed E-state index contributed by atoms with van der Waals surface area (Å²) in [5.41, 5.74) is 5.01. The molecule has 1 aliphatic rings. The lowest BCUT2D eigenvalue weighted by atomic mass is 9.99. The third-order valence-corrected chi connectivity index (χ3v) is 2.68. The summed E-state index contributed by atoms with van der Waals surface area (Å²) in [6.45, 7) is 1.64.